The summed E-state index contributed by atoms with van der Waals surface area (Å²) in [4.78, 5) is 78.9. The number of esters is 4. The number of hydrogen-bond acceptors (Lipinski definition) is 15. The lowest BCUT2D eigenvalue weighted by atomic mass is 10.2. The number of carbonyl (C=O) groups excluding carboxylic acids is 6. The molecule has 0 aliphatic heterocycles. The highest BCUT2D eigenvalue weighted by molar-refractivity contribution is 5.92. The zero-order chi connectivity index (χ0) is 33.5. The summed E-state index contributed by atoms with van der Waals surface area (Å²) in [6.45, 7) is 6.68. The van der Waals surface area contributed by atoms with Gasteiger partial charge in [0.15, 0.2) is 0 Å². The molecular weight excluding hydrogens is 612 g/mol. The van der Waals surface area contributed by atoms with E-state index in [0.29, 0.717) is 5.56 Å². The van der Waals surface area contributed by atoms with Crippen molar-refractivity contribution in [1.29, 1.82) is 0 Å². The second kappa shape index (κ2) is 17.0. The van der Waals surface area contributed by atoms with Crippen molar-refractivity contribution >= 4 is 36.2 Å². The first-order chi connectivity index (χ1) is 22.1. The van der Waals surface area contributed by atoms with E-state index in [1.54, 1.807) is 6.92 Å². The fourth-order valence-electron chi connectivity index (χ4n) is 3.09. The molecule has 0 saturated carbocycles. The van der Waals surface area contributed by atoms with Crippen LogP contribution in [0, 0.1) is 6.92 Å². The molecule has 0 bridgehead atoms. The van der Waals surface area contributed by atoms with E-state index in [0.717, 1.165) is 12.2 Å². The topological polar surface area (TPSA) is 185 Å². The van der Waals surface area contributed by atoms with E-state index in [1.807, 2.05) is 0 Å². The molecule has 0 radical (unpaired) electrons. The maximum absolute atomic E-state index is 12.6. The van der Waals surface area contributed by atoms with Crippen LogP contribution in [0.3, 0.4) is 0 Å². The van der Waals surface area contributed by atoms with Crippen LogP contribution in [0.2, 0.25) is 0 Å². The quantitative estimate of drug-likeness (QED) is 0.0365. The van der Waals surface area contributed by atoms with Gasteiger partial charge in [0.05, 0.1) is 11.1 Å². The van der Waals surface area contributed by atoms with Gasteiger partial charge in [-0.1, -0.05) is 13.2 Å². The van der Waals surface area contributed by atoms with E-state index in [-0.39, 0.29) is 34.1 Å². The van der Waals surface area contributed by atoms with Gasteiger partial charge < -0.3 is 33.2 Å². The van der Waals surface area contributed by atoms with Gasteiger partial charge in [-0.25, -0.2) is 28.8 Å². The predicted octanol–water partition coefficient (Wildman–Crippen LogP) is 4.77. The molecule has 46 heavy (non-hydrogen) atoms. The van der Waals surface area contributed by atoms with Crippen LogP contribution in [0.4, 0.5) is 9.59 Å². The molecule has 0 aliphatic rings. The minimum atomic E-state index is -1.25. The maximum atomic E-state index is 12.6. The molecule has 0 heterocycles. The van der Waals surface area contributed by atoms with Crippen LogP contribution in [-0.4, -0.2) is 49.8 Å². The van der Waals surface area contributed by atoms with Crippen molar-refractivity contribution in [3.05, 3.63) is 109 Å². The molecule has 15 heteroatoms. The van der Waals surface area contributed by atoms with Gasteiger partial charge in [0.1, 0.15) is 23.0 Å². The zero-order valence-corrected chi connectivity index (χ0v) is 24.0. The number of ether oxygens (including phenoxy) is 7. The molecule has 0 unspecified atom stereocenters. The van der Waals surface area contributed by atoms with Gasteiger partial charge in [-0.15, -0.1) is 4.89 Å². The Morgan fingerprint density at radius 3 is 1.63 bits per heavy atom. The Labute approximate surface area is 260 Å². The van der Waals surface area contributed by atoms with Gasteiger partial charge in [-0.05, 0) is 79.2 Å². The van der Waals surface area contributed by atoms with E-state index < -0.39 is 49.8 Å². The molecule has 0 saturated heterocycles. The number of benzene rings is 3. The van der Waals surface area contributed by atoms with Crippen molar-refractivity contribution in [1.82, 2.24) is 0 Å². The van der Waals surface area contributed by atoms with Crippen molar-refractivity contribution in [3.8, 4) is 23.0 Å². The molecule has 0 aliphatic carbocycles. The molecular formula is C31H24O15. The summed E-state index contributed by atoms with van der Waals surface area (Å²) in [5.41, 5.74) is 0.735. The lowest BCUT2D eigenvalue weighted by molar-refractivity contribution is -0.290. The molecule has 0 fully saturated rings. The van der Waals surface area contributed by atoms with Gasteiger partial charge in [0.25, 0.3) is 0 Å². The molecule has 3 aromatic rings. The Bertz CT molecular complexity index is 1610. The largest absolute Gasteiger partial charge is 0.546 e. The average Bonchev–Trinajstić information content (AvgIpc) is 3.04. The molecule has 238 valence electrons. The summed E-state index contributed by atoms with van der Waals surface area (Å²) in [6, 6.07) is 15.0. The normalized spacial score (nSPS) is 9.93. The summed E-state index contributed by atoms with van der Waals surface area (Å²) in [5.74, 6) is -2.58. The summed E-state index contributed by atoms with van der Waals surface area (Å²) >= 11 is 0. The van der Waals surface area contributed by atoms with Crippen LogP contribution >= 0.6 is 0 Å². The van der Waals surface area contributed by atoms with Gasteiger partial charge >= 0.3 is 36.2 Å². The third-order valence-corrected chi connectivity index (χ3v) is 5.23. The summed E-state index contributed by atoms with van der Waals surface area (Å²) in [7, 11) is 0. The van der Waals surface area contributed by atoms with Crippen molar-refractivity contribution in [2.45, 2.75) is 6.92 Å². The van der Waals surface area contributed by atoms with Crippen LogP contribution in [0.15, 0.2) is 92.0 Å². The van der Waals surface area contributed by atoms with Gasteiger partial charge in [-0.2, -0.15) is 0 Å². The molecule has 0 spiro atoms. The number of carbonyl (C=O) groups is 6. The first-order valence-electron chi connectivity index (χ1n) is 12.8. The van der Waals surface area contributed by atoms with E-state index in [4.69, 9.17) is 18.9 Å². The fourth-order valence-corrected chi connectivity index (χ4v) is 3.09. The van der Waals surface area contributed by atoms with Crippen LogP contribution in [-0.2, 0) is 33.6 Å². The molecule has 0 N–H and O–H groups in total. The Balaban J connectivity index is 1.47. The fraction of sp³-hybridized carbons (Fsp3) is 0.0968. The van der Waals surface area contributed by atoms with E-state index in [9.17, 15) is 28.8 Å². The highest BCUT2D eigenvalue weighted by Gasteiger charge is 2.15. The first kappa shape index (κ1) is 34.0. The van der Waals surface area contributed by atoms with E-state index in [1.165, 1.54) is 66.7 Å². The first-order valence-corrected chi connectivity index (χ1v) is 12.8. The Morgan fingerprint density at radius 2 is 1.09 bits per heavy atom. The average molecular weight is 637 g/mol. The lowest BCUT2D eigenvalue weighted by Gasteiger charge is -2.10. The lowest BCUT2D eigenvalue weighted by Crippen LogP contribution is -2.15. The monoisotopic (exact) mass is 636 g/mol. The minimum absolute atomic E-state index is 0.0173. The van der Waals surface area contributed by atoms with Crippen LogP contribution in [0.25, 0.3) is 0 Å². The van der Waals surface area contributed by atoms with Crippen molar-refractivity contribution in [3.63, 3.8) is 0 Å². The van der Waals surface area contributed by atoms with Crippen molar-refractivity contribution < 1.29 is 71.7 Å². The summed E-state index contributed by atoms with van der Waals surface area (Å²) in [5, 5.41) is 0. The molecule has 3 rings (SSSR count). The smallest absolute Gasteiger partial charge is 0.431 e. The van der Waals surface area contributed by atoms with Gasteiger partial charge in [0, 0.05) is 12.2 Å². The highest BCUT2D eigenvalue weighted by atomic mass is 17.2. The zero-order valence-electron chi connectivity index (χ0n) is 24.0. The third kappa shape index (κ3) is 11.0. The van der Waals surface area contributed by atoms with Crippen molar-refractivity contribution in [2.24, 2.45) is 0 Å². The molecule has 3 aromatic carbocycles. The van der Waals surface area contributed by atoms with E-state index in [2.05, 4.69) is 37.1 Å². The molecule has 0 aromatic heterocycles. The number of rotatable bonds is 13. The second-order valence-electron chi connectivity index (χ2n) is 8.38. The third-order valence-electron chi connectivity index (χ3n) is 5.23. The van der Waals surface area contributed by atoms with Crippen LogP contribution < -0.4 is 18.9 Å². The maximum Gasteiger partial charge on any atom is 0.546 e. The summed E-state index contributed by atoms with van der Waals surface area (Å²) in [6.07, 6.45) is -0.594. The van der Waals surface area contributed by atoms with Gasteiger partial charge in [0.2, 0.25) is 13.6 Å². The van der Waals surface area contributed by atoms with Gasteiger partial charge in [-0.3, -0.25) is 4.89 Å². The molecule has 15 nitrogen and oxygen atoms in total. The second-order valence-corrected chi connectivity index (χ2v) is 8.38. The Kier molecular flexibility index (Phi) is 12.6. The SMILES string of the molecule is C=CC(=O)OCOOC(=O)Oc1ccc(C(=O)Oc2ccc(OC(=O)c3ccc(OC(=O)OCOC(=O)C=C)cc3)c(C)c2)cc1. The Hall–Kier alpha value is -6.48. The number of hydrogen-bond donors (Lipinski definition) is 0. The van der Waals surface area contributed by atoms with Crippen molar-refractivity contribution in [2.75, 3.05) is 13.6 Å². The standard InChI is InChI=1S/C31H24O15/c1-4-26(32)38-17-40-30(36)43-22-10-8-21(9-11-22)29(35)45-25-15-14-24(16-19(25)3)42-28(34)20-6-12-23(13-7-20)44-31(37)46-41-18-39-27(33)5-2/h4-16H,1-2,17-18H2,3H3. The number of aryl methyl sites for hydroxylation is 1. The van der Waals surface area contributed by atoms with E-state index >= 15 is 0 Å². The minimum Gasteiger partial charge on any atom is -0.431 e. The molecule has 0 atom stereocenters. The Morgan fingerprint density at radius 1 is 0.587 bits per heavy atom. The molecule has 0 amide bonds. The predicted molar refractivity (Wildman–Crippen MR) is 152 cm³/mol. The van der Waals surface area contributed by atoms with Crippen LogP contribution in [0.1, 0.15) is 26.3 Å². The summed E-state index contributed by atoms with van der Waals surface area (Å²) < 4.78 is 34.1. The highest BCUT2D eigenvalue weighted by Crippen LogP contribution is 2.26. The van der Waals surface area contributed by atoms with Crippen LogP contribution in [0.5, 0.6) is 23.0 Å².